The van der Waals surface area contributed by atoms with E-state index >= 15 is 0 Å². The minimum Gasteiger partial charge on any atom is -0.379 e. The van der Waals surface area contributed by atoms with Crippen LogP contribution < -0.4 is 5.84 Å². The molecule has 1 rings (SSSR count). The van der Waals surface area contributed by atoms with Crippen molar-refractivity contribution in [1.82, 2.24) is 5.01 Å². The molecule has 1 heterocycles. The van der Waals surface area contributed by atoms with Gasteiger partial charge in [-0.25, -0.2) is 5.01 Å². The van der Waals surface area contributed by atoms with Crippen LogP contribution in [0.2, 0.25) is 0 Å². The summed E-state index contributed by atoms with van der Waals surface area (Å²) in [6.07, 6.45) is 0. The van der Waals surface area contributed by atoms with Crippen molar-refractivity contribution < 1.29 is 4.74 Å². The fraction of sp³-hybridized carbons (Fsp3) is 0.833. The van der Waals surface area contributed by atoms with Gasteiger partial charge in [0.2, 0.25) is 0 Å². The molecule has 1 fully saturated rings. The van der Waals surface area contributed by atoms with Crippen molar-refractivity contribution in [1.29, 1.82) is 5.26 Å². The molecule has 1 saturated heterocycles. The zero-order valence-electron chi connectivity index (χ0n) is 6.21. The van der Waals surface area contributed by atoms with Gasteiger partial charge in [0, 0.05) is 20.0 Å². The average molecular weight is 143 g/mol. The summed E-state index contributed by atoms with van der Waals surface area (Å²) in [5, 5.41) is 9.09. The maximum atomic E-state index is 7.32. The molecule has 0 bridgehead atoms. The Balaban J connectivity index is 0.000000236. The summed E-state index contributed by atoms with van der Waals surface area (Å²) in [5.41, 5.74) is 0. The highest BCUT2D eigenvalue weighted by molar-refractivity contribution is 4.51. The van der Waals surface area contributed by atoms with Gasteiger partial charge < -0.3 is 4.74 Å². The number of ether oxygens (including phenoxy) is 1. The number of nitriles is 1. The van der Waals surface area contributed by atoms with Crippen LogP contribution in [0.3, 0.4) is 0 Å². The van der Waals surface area contributed by atoms with E-state index in [9.17, 15) is 0 Å². The summed E-state index contributed by atoms with van der Waals surface area (Å²) in [6, 6.07) is 1.75. The smallest absolute Gasteiger partial charge is 0.0608 e. The van der Waals surface area contributed by atoms with Crippen molar-refractivity contribution in [2.45, 2.75) is 6.92 Å². The molecule has 0 aliphatic carbocycles. The van der Waals surface area contributed by atoms with E-state index in [4.69, 9.17) is 15.8 Å². The normalized spacial score (nSPS) is 18.5. The van der Waals surface area contributed by atoms with Crippen molar-refractivity contribution in [3.05, 3.63) is 0 Å². The molecule has 0 spiro atoms. The van der Waals surface area contributed by atoms with Crippen LogP contribution in [0.4, 0.5) is 0 Å². The third kappa shape index (κ3) is 5.51. The van der Waals surface area contributed by atoms with Crippen LogP contribution in [0.15, 0.2) is 0 Å². The van der Waals surface area contributed by atoms with E-state index in [-0.39, 0.29) is 0 Å². The molecule has 0 saturated carbocycles. The number of rotatable bonds is 0. The molecule has 0 aromatic carbocycles. The van der Waals surface area contributed by atoms with Crippen LogP contribution in [-0.4, -0.2) is 31.3 Å². The monoisotopic (exact) mass is 143 g/mol. The topological polar surface area (TPSA) is 62.3 Å². The second kappa shape index (κ2) is 6.49. The summed E-state index contributed by atoms with van der Waals surface area (Å²) >= 11 is 0. The number of hydrogen-bond acceptors (Lipinski definition) is 4. The minimum atomic E-state index is 0.788. The van der Waals surface area contributed by atoms with Crippen molar-refractivity contribution in [3.8, 4) is 6.07 Å². The predicted octanol–water partition coefficient (Wildman–Crippen LogP) is -0.278. The Morgan fingerprint density at radius 1 is 1.50 bits per heavy atom. The summed E-state index contributed by atoms with van der Waals surface area (Å²) in [7, 11) is 0. The molecule has 0 unspecified atom stereocenters. The molecule has 0 amide bonds. The van der Waals surface area contributed by atoms with Gasteiger partial charge in [-0.2, -0.15) is 5.26 Å². The van der Waals surface area contributed by atoms with Gasteiger partial charge in [-0.05, 0) is 0 Å². The highest BCUT2D eigenvalue weighted by Crippen LogP contribution is 1.86. The molecule has 58 valence electrons. The number of nitrogens with zero attached hydrogens (tertiary/aromatic N) is 2. The Bertz CT molecular complexity index is 104. The fourth-order valence-electron chi connectivity index (χ4n) is 0.577. The Kier molecular flexibility index (Phi) is 6.08. The van der Waals surface area contributed by atoms with E-state index in [1.165, 1.54) is 6.92 Å². The molecular formula is C6H13N3O. The molecule has 2 N–H and O–H groups in total. The number of morpholine rings is 1. The third-order valence-electron chi connectivity index (χ3n) is 1.05. The fourth-order valence-corrected chi connectivity index (χ4v) is 0.577. The molecule has 0 atom stereocenters. The Morgan fingerprint density at radius 2 is 1.90 bits per heavy atom. The maximum Gasteiger partial charge on any atom is 0.0608 e. The van der Waals surface area contributed by atoms with Gasteiger partial charge in [0.15, 0.2) is 0 Å². The standard InChI is InChI=1S/C4H10N2O.C2H3N/c5-6-1-3-7-4-2-6;1-2-3/h1-5H2;1H3. The largest absolute Gasteiger partial charge is 0.379 e. The molecule has 0 aromatic heterocycles. The van der Waals surface area contributed by atoms with E-state index < -0.39 is 0 Å². The van der Waals surface area contributed by atoms with Crippen LogP contribution in [0.1, 0.15) is 6.92 Å². The molecule has 4 nitrogen and oxygen atoms in total. The molecule has 10 heavy (non-hydrogen) atoms. The second-order valence-electron chi connectivity index (χ2n) is 1.87. The van der Waals surface area contributed by atoms with E-state index in [0.29, 0.717) is 0 Å². The first-order valence-electron chi connectivity index (χ1n) is 3.19. The zero-order valence-corrected chi connectivity index (χ0v) is 6.21. The first-order valence-corrected chi connectivity index (χ1v) is 3.19. The molecule has 1 aliphatic rings. The minimum absolute atomic E-state index is 0.788. The van der Waals surface area contributed by atoms with Crippen LogP contribution in [0.25, 0.3) is 0 Å². The lowest BCUT2D eigenvalue weighted by atomic mass is 10.5. The molecule has 1 aliphatic heterocycles. The number of hydrazine groups is 1. The third-order valence-corrected chi connectivity index (χ3v) is 1.05. The summed E-state index contributed by atoms with van der Waals surface area (Å²) < 4.78 is 5.02. The first kappa shape index (κ1) is 9.37. The highest BCUT2D eigenvalue weighted by Gasteiger charge is 2.02. The Labute approximate surface area is 61.1 Å². The van der Waals surface area contributed by atoms with Crippen molar-refractivity contribution >= 4 is 0 Å². The van der Waals surface area contributed by atoms with Crippen molar-refractivity contribution in [3.63, 3.8) is 0 Å². The molecule has 0 aromatic rings. The van der Waals surface area contributed by atoms with Crippen molar-refractivity contribution in [2.24, 2.45) is 5.84 Å². The lowest BCUT2D eigenvalue weighted by Crippen LogP contribution is -2.41. The van der Waals surface area contributed by atoms with E-state index in [0.717, 1.165) is 26.3 Å². The Morgan fingerprint density at radius 3 is 2.10 bits per heavy atom. The van der Waals surface area contributed by atoms with E-state index in [1.807, 2.05) is 0 Å². The average Bonchev–Trinajstić information content (AvgIpc) is 1.91. The second-order valence-corrected chi connectivity index (χ2v) is 1.87. The van der Waals surface area contributed by atoms with Gasteiger partial charge in [-0.3, -0.25) is 5.84 Å². The highest BCUT2D eigenvalue weighted by atomic mass is 16.5. The first-order chi connectivity index (χ1) is 4.81. The summed E-state index contributed by atoms with van der Waals surface area (Å²) in [6.45, 7) is 4.76. The lowest BCUT2D eigenvalue weighted by Gasteiger charge is -2.20. The number of hydrogen-bond donors (Lipinski definition) is 1. The maximum absolute atomic E-state index is 7.32. The number of nitrogens with two attached hydrogens (primary N) is 1. The van der Waals surface area contributed by atoms with Crippen LogP contribution in [0, 0.1) is 11.3 Å². The Hall–Kier alpha value is -0.630. The van der Waals surface area contributed by atoms with Gasteiger partial charge in [0.25, 0.3) is 0 Å². The predicted molar refractivity (Wildman–Crippen MR) is 37.9 cm³/mol. The molecule has 4 heteroatoms. The van der Waals surface area contributed by atoms with Crippen LogP contribution in [-0.2, 0) is 4.74 Å². The van der Waals surface area contributed by atoms with E-state index in [1.54, 1.807) is 11.1 Å². The van der Waals surface area contributed by atoms with Crippen molar-refractivity contribution in [2.75, 3.05) is 26.3 Å². The molecule has 0 radical (unpaired) electrons. The summed E-state index contributed by atoms with van der Waals surface area (Å²) in [5.74, 6) is 5.39. The van der Waals surface area contributed by atoms with Gasteiger partial charge in [-0.1, -0.05) is 0 Å². The van der Waals surface area contributed by atoms with Gasteiger partial charge in [-0.15, -0.1) is 0 Å². The van der Waals surface area contributed by atoms with E-state index in [2.05, 4.69) is 0 Å². The lowest BCUT2D eigenvalue weighted by molar-refractivity contribution is 0.0378. The van der Waals surface area contributed by atoms with Gasteiger partial charge in [0.1, 0.15) is 0 Å². The van der Waals surface area contributed by atoms with Gasteiger partial charge in [0.05, 0.1) is 19.3 Å². The molecular weight excluding hydrogens is 130 g/mol. The summed E-state index contributed by atoms with van der Waals surface area (Å²) in [4.78, 5) is 0. The zero-order chi connectivity index (χ0) is 7.82. The van der Waals surface area contributed by atoms with Gasteiger partial charge >= 0.3 is 0 Å². The van der Waals surface area contributed by atoms with Crippen LogP contribution >= 0.6 is 0 Å². The van der Waals surface area contributed by atoms with Crippen LogP contribution in [0.5, 0.6) is 0 Å². The SMILES string of the molecule is CC#N.NN1CCOCC1. The quantitative estimate of drug-likeness (QED) is 0.474.